The Hall–Kier alpha value is -4.24. The average Bonchev–Trinajstić information content (AvgIpc) is 2.46. The van der Waals surface area contributed by atoms with Crippen molar-refractivity contribution in [2.45, 2.75) is 12.8 Å². The molecule has 0 aromatic carbocycles. The molecule has 0 fully saturated rings. The maximum Gasteiger partial charge on any atom is 0.303 e. The Morgan fingerprint density at radius 1 is 0.423 bits per heavy atom. The number of carboxylic acid groups (broad SMARTS) is 2. The summed E-state index contributed by atoms with van der Waals surface area (Å²) < 4.78 is 0. The molecular formula is C10H30N12O4. The second-order valence-corrected chi connectivity index (χ2v) is 4.02. The van der Waals surface area contributed by atoms with Gasteiger partial charge in [-0.15, -0.1) is 0 Å². The fourth-order valence-corrected chi connectivity index (χ4v) is 0.214. The van der Waals surface area contributed by atoms with E-state index in [1.54, 1.807) is 0 Å². The third-order valence-corrected chi connectivity index (χ3v) is 1.55. The summed E-state index contributed by atoms with van der Waals surface area (Å²) in [5, 5.41) is 15.8. The first-order chi connectivity index (χ1) is 11.6. The third-order valence-electron chi connectivity index (χ3n) is 1.55. The molecule has 0 atom stereocenters. The summed E-state index contributed by atoms with van der Waals surface area (Å²) >= 11 is 0. The molecule has 26 N–H and O–H groups in total. The zero-order valence-corrected chi connectivity index (χ0v) is 14.1. The summed E-state index contributed by atoms with van der Waals surface area (Å²) in [5.74, 6) is -2.26. The second kappa shape index (κ2) is 17.1. The molecule has 0 aromatic rings. The predicted molar refractivity (Wildman–Crippen MR) is 95.8 cm³/mol. The van der Waals surface area contributed by atoms with Crippen LogP contribution in [0.1, 0.15) is 12.8 Å². The Bertz CT molecular complexity index is 408. The fourth-order valence-electron chi connectivity index (χ4n) is 0.214. The summed E-state index contributed by atoms with van der Waals surface area (Å²) in [7, 11) is 0. The van der Waals surface area contributed by atoms with Gasteiger partial charge in [0.25, 0.3) is 0 Å². The van der Waals surface area contributed by atoms with Crippen LogP contribution in [0.25, 0.3) is 0 Å². The molecule has 0 saturated carbocycles. The van der Waals surface area contributed by atoms with Crippen molar-refractivity contribution in [2.75, 3.05) is 0 Å². The number of carbonyl (C=O) groups is 2. The maximum absolute atomic E-state index is 9.64. The first-order valence-corrected chi connectivity index (χ1v) is 6.28. The predicted octanol–water partition coefficient (Wildman–Crippen LogP) is -6.22. The molecule has 0 aliphatic carbocycles. The van der Waals surface area contributed by atoms with Gasteiger partial charge in [0, 0.05) is 0 Å². The van der Waals surface area contributed by atoms with Gasteiger partial charge in [-0.05, 0) is 0 Å². The van der Waals surface area contributed by atoms with Gasteiger partial charge in [-0.3, -0.25) is 9.59 Å². The van der Waals surface area contributed by atoms with E-state index in [1.807, 2.05) is 0 Å². The van der Waals surface area contributed by atoms with Gasteiger partial charge in [0.1, 0.15) is 34.9 Å². The van der Waals surface area contributed by atoms with Crippen molar-refractivity contribution in [1.82, 2.24) is 0 Å². The number of hydrogen-bond acceptors (Lipinski definition) is 14. The monoisotopic (exact) mass is 382 g/mol. The van der Waals surface area contributed by atoms with Gasteiger partial charge < -0.3 is 79.0 Å². The molecule has 0 radical (unpaired) electrons. The zero-order valence-electron chi connectivity index (χ0n) is 14.1. The minimum absolute atomic E-state index is 0.0185. The van der Waals surface area contributed by atoms with Crippen LogP contribution in [-0.2, 0) is 9.59 Å². The highest BCUT2D eigenvalue weighted by Crippen LogP contribution is 1.86. The van der Waals surface area contributed by atoms with Gasteiger partial charge in [-0.2, -0.15) is 0 Å². The molecule has 0 aromatic heterocycles. The summed E-state index contributed by atoms with van der Waals surface area (Å²) in [6.45, 7) is 0. The van der Waals surface area contributed by atoms with E-state index < -0.39 is 11.9 Å². The highest BCUT2D eigenvalue weighted by atomic mass is 16.4. The Balaban J connectivity index is -0.000000125. The first-order valence-electron chi connectivity index (χ1n) is 6.28. The van der Waals surface area contributed by atoms with Crippen molar-refractivity contribution in [2.24, 2.45) is 68.8 Å². The van der Waals surface area contributed by atoms with Crippen LogP contribution in [0.3, 0.4) is 0 Å². The Labute approximate surface area is 149 Å². The summed E-state index contributed by atoms with van der Waals surface area (Å²) in [6.07, 6.45) is -0.593. The Morgan fingerprint density at radius 2 is 0.538 bits per heavy atom. The molecule has 0 spiro atoms. The van der Waals surface area contributed by atoms with E-state index in [4.69, 9.17) is 79.0 Å². The van der Waals surface area contributed by atoms with Crippen LogP contribution < -0.4 is 68.8 Å². The van der Waals surface area contributed by atoms with Crippen LogP contribution in [0.2, 0.25) is 0 Å². The smallest absolute Gasteiger partial charge is 0.303 e. The van der Waals surface area contributed by atoms with E-state index >= 15 is 0 Å². The topological polar surface area (TPSA) is 387 Å². The summed E-state index contributed by atoms with van der Waals surface area (Å²) in [6, 6.07) is 0. The standard InChI is InChI=1S/C4H6O4.3C2H8N4/c5-3(6)1-2-4(7)8;3*3-1(4)2(5)6/h1-2H2,(H,5,6)(H,7,8);3*3-6H2. The molecule has 16 heteroatoms. The number of aliphatic carboxylic acids is 2. The average molecular weight is 382 g/mol. The number of rotatable bonds is 3. The normalized spacial score (nSPS) is 7.69. The zero-order chi connectivity index (χ0) is 22.0. The maximum atomic E-state index is 9.64. The lowest BCUT2D eigenvalue weighted by atomic mass is 10.3. The van der Waals surface area contributed by atoms with E-state index in [0.717, 1.165) is 0 Å². The van der Waals surface area contributed by atoms with E-state index in [-0.39, 0.29) is 47.8 Å². The lowest BCUT2D eigenvalue weighted by molar-refractivity contribution is -0.143. The molecule has 26 heavy (non-hydrogen) atoms. The van der Waals surface area contributed by atoms with Gasteiger partial charge in [-0.1, -0.05) is 0 Å². The van der Waals surface area contributed by atoms with Crippen LogP contribution in [-0.4, -0.2) is 22.2 Å². The number of carboxylic acids is 2. The third kappa shape index (κ3) is 42.7. The number of nitrogens with two attached hydrogens (primary N) is 12. The van der Waals surface area contributed by atoms with Gasteiger partial charge in [0.05, 0.1) is 12.8 Å². The van der Waals surface area contributed by atoms with Crippen LogP contribution in [0.4, 0.5) is 0 Å². The van der Waals surface area contributed by atoms with Crippen molar-refractivity contribution in [1.29, 1.82) is 0 Å². The van der Waals surface area contributed by atoms with Crippen LogP contribution in [0, 0.1) is 0 Å². The van der Waals surface area contributed by atoms with Crippen molar-refractivity contribution in [3.63, 3.8) is 0 Å². The van der Waals surface area contributed by atoms with E-state index in [0.29, 0.717) is 0 Å². The van der Waals surface area contributed by atoms with E-state index in [9.17, 15) is 9.59 Å². The number of hydrogen-bond donors (Lipinski definition) is 14. The Kier molecular flexibility index (Phi) is 19.6. The summed E-state index contributed by atoms with van der Waals surface area (Å²) in [4.78, 5) is 19.3. The van der Waals surface area contributed by atoms with Crippen LogP contribution in [0.15, 0.2) is 34.9 Å². The molecule has 0 aliphatic heterocycles. The van der Waals surface area contributed by atoms with Crippen molar-refractivity contribution in [3.8, 4) is 0 Å². The fraction of sp³-hybridized carbons (Fsp3) is 0.200. The van der Waals surface area contributed by atoms with Crippen molar-refractivity contribution < 1.29 is 19.8 Å². The molecular weight excluding hydrogens is 352 g/mol. The molecule has 0 saturated heterocycles. The lowest BCUT2D eigenvalue weighted by Crippen LogP contribution is -2.22. The first kappa shape index (κ1) is 29.7. The minimum atomic E-state index is -1.08. The highest BCUT2D eigenvalue weighted by molar-refractivity contribution is 5.75. The lowest BCUT2D eigenvalue weighted by Gasteiger charge is -1.89. The highest BCUT2D eigenvalue weighted by Gasteiger charge is 2.00. The van der Waals surface area contributed by atoms with E-state index in [1.165, 1.54) is 0 Å². The molecule has 0 bridgehead atoms. The largest absolute Gasteiger partial charge is 0.481 e. The van der Waals surface area contributed by atoms with Crippen LogP contribution >= 0.6 is 0 Å². The van der Waals surface area contributed by atoms with Crippen LogP contribution in [0.5, 0.6) is 0 Å². The van der Waals surface area contributed by atoms with Gasteiger partial charge in [0.2, 0.25) is 0 Å². The molecule has 0 aliphatic rings. The molecule has 0 unspecified atom stereocenters. The van der Waals surface area contributed by atoms with Gasteiger partial charge in [-0.25, -0.2) is 0 Å². The minimum Gasteiger partial charge on any atom is -0.481 e. The Morgan fingerprint density at radius 3 is 0.577 bits per heavy atom. The second-order valence-electron chi connectivity index (χ2n) is 4.02. The molecule has 0 heterocycles. The summed E-state index contributed by atoms with van der Waals surface area (Å²) in [5.41, 5.74) is 58.1. The van der Waals surface area contributed by atoms with E-state index in [2.05, 4.69) is 0 Å². The molecule has 16 nitrogen and oxygen atoms in total. The van der Waals surface area contributed by atoms with Crippen molar-refractivity contribution in [3.05, 3.63) is 34.9 Å². The SMILES string of the molecule is NC(N)=C(N)N.NC(N)=C(N)N.NC(N)=C(N)N.O=C(O)CCC(=O)O. The quantitative estimate of drug-likeness (QED) is 0.215. The van der Waals surface area contributed by atoms with Crippen molar-refractivity contribution >= 4 is 11.9 Å². The van der Waals surface area contributed by atoms with Gasteiger partial charge >= 0.3 is 11.9 Å². The van der Waals surface area contributed by atoms with Gasteiger partial charge in [0.15, 0.2) is 0 Å². The molecule has 0 amide bonds. The molecule has 0 rings (SSSR count). The molecule has 154 valence electrons.